The molecular weight excluding hydrogens is 262 g/mol. The molecule has 2 aromatic rings. The molecule has 0 saturated carbocycles. The number of hydrogen-bond donors (Lipinski definition) is 1. The lowest BCUT2D eigenvalue weighted by Crippen LogP contribution is -2.51. The molecule has 1 aromatic carbocycles. The zero-order valence-corrected chi connectivity index (χ0v) is 12.1. The van der Waals surface area contributed by atoms with Gasteiger partial charge in [-0.05, 0) is 30.7 Å². The van der Waals surface area contributed by atoms with Gasteiger partial charge in [0.2, 0.25) is 0 Å². The van der Waals surface area contributed by atoms with Crippen molar-refractivity contribution in [3.8, 4) is 5.75 Å². The summed E-state index contributed by atoms with van der Waals surface area (Å²) in [5.74, 6) is 2.00. The van der Waals surface area contributed by atoms with Gasteiger partial charge in [0.05, 0.1) is 6.61 Å². The molecule has 1 aliphatic rings. The maximum absolute atomic E-state index is 5.78. The van der Waals surface area contributed by atoms with E-state index in [4.69, 9.17) is 4.74 Å². The summed E-state index contributed by atoms with van der Waals surface area (Å²) in [7, 11) is 0. The number of nitrogens with zero attached hydrogens (tertiary/aromatic N) is 2. The van der Waals surface area contributed by atoms with E-state index in [9.17, 15) is 0 Å². The average Bonchev–Trinajstić information content (AvgIpc) is 2.57. The highest BCUT2D eigenvalue weighted by Crippen LogP contribution is 2.14. The first-order valence-electron chi connectivity index (χ1n) is 7.49. The summed E-state index contributed by atoms with van der Waals surface area (Å²) in [4.78, 5) is 6.77. The van der Waals surface area contributed by atoms with E-state index in [1.54, 1.807) is 0 Å². The summed E-state index contributed by atoms with van der Waals surface area (Å²) < 4.78 is 5.78. The van der Waals surface area contributed by atoms with E-state index in [0.29, 0.717) is 6.04 Å². The number of anilines is 1. The van der Waals surface area contributed by atoms with E-state index in [1.807, 2.05) is 48.7 Å². The molecule has 1 saturated heterocycles. The molecule has 1 unspecified atom stereocenters. The monoisotopic (exact) mass is 283 g/mol. The van der Waals surface area contributed by atoms with Crippen LogP contribution in [-0.2, 0) is 0 Å². The molecule has 0 amide bonds. The number of pyridine rings is 1. The van der Waals surface area contributed by atoms with Gasteiger partial charge in [0.25, 0.3) is 0 Å². The Kier molecular flexibility index (Phi) is 4.69. The van der Waals surface area contributed by atoms with Gasteiger partial charge in [0.15, 0.2) is 0 Å². The highest BCUT2D eigenvalue weighted by Gasteiger charge is 2.19. The Labute approximate surface area is 125 Å². The minimum atomic E-state index is 0.449. The molecule has 0 radical (unpaired) electrons. The summed E-state index contributed by atoms with van der Waals surface area (Å²) in [6, 6.07) is 16.5. The highest BCUT2D eigenvalue weighted by molar-refractivity contribution is 5.38. The second-order valence-corrected chi connectivity index (χ2v) is 5.24. The molecule has 3 rings (SSSR count). The minimum Gasteiger partial charge on any atom is -0.494 e. The maximum atomic E-state index is 5.78. The number of nitrogens with one attached hydrogen (secondary N) is 1. The molecule has 2 heterocycles. The largest absolute Gasteiger partial charge is 0.494 e. The zero-order valence-electron chi connectivity index (χ0n) is 12.1. The minimum absolute atomic E-state index is 0.449. The maximum Gasteiger partial charge on any atom is 0.128 e. The highest BCUT2D eigenvalue weighted by atomic mass is 16.5. The summed E-state index contributed by atoms with van der Waals surface area (Å²) >= 11 is 0. The predicted molar refractivity (Wildman–Crippen MR) is 84.8 cm³/mol. The van der Waals surface area contributed by atoms with Crippen molar-refractivity contribution < 1.29 is 4.74 Å². The molecule has 0 spiro atoms. The van der Waals surface area contributed by atoms with Crippen LogP contribution in [-0.4, -0.2) is 37.3 Å². The fourth-order valence-corrected chi connectivity index (χ4v) is 2.60. The molecule has 1 fully saturated rings. The Hall–Kier alpha value is -2.07. The lowest BCUT2D eigenvalue weighted by molar-refractivity contribution is 0.279. The van der Waals surface area contributed by atoms with Crippen molar-refractivity contribution in [2.24, 2.45) is 0 Å². The molecule has 4 heteroatoms. The third-order valence-electron chi connectivity index (χ3n) is 3.71. The lowest BCUT2D eigenvalue weighted by Gasteiger charge is -2.34. The van der Waals surface area contributed by atoms with Crippen LogP contribution in [0, 0.1) is 0 Å². The van der Waals surface area contributed by atoms with E-state index in [0.717, 1.165) is 44.2 Å². The number of piperazine rings is 1. The van der Waals surface area contributed by atoms with E-state index < -0.39 is 0 Å². The van der Waals surface area contributed by atoms with E-state index in [-0.39, 0.29) is 0 Å². The lowest BCUT2D eigenvalue weighted by atomic mass is 10.1. The number of rotatable bonds is 5. The molecule has 0 bridgehead atoms. The van der Waals surface area contributed by atoms with Crippen molar-refractivity contribution in [1.29, 1.82) is 0 Å². The summed E-state index contributed by atoms with van der Waals surface area (Å²) in [5, 5.41) is 3.56. The van der Waals surface area contributed by atoms with Crippen molar-refractivity contribution >= 4 is 5.82 Å². The van der Waals surface area contributed by atoms with Gasteiger partial charge >= 0.3 is 0 Å². The number of benzene rings is 1. The number of aromatic nitrogens is 1. The molecule has 1 N–H and O–H groups in total. The SMILES string of the molecule is c1ccc(OCCC2CN(c3ccccn3)CCN2)cc1. The quantitative estimate of drug-likeness (QED) is 0.914. The van der Waals surface area contributed by atoms with E-state index >= 15 is 0 Å². The second-order valence-electron chi connectivity index (χ2n) is 5.24. The van der Waals surface area contributed by atoms with Crippen LogP contribution in [0.25, 0.3) is 0 Å². The Morgan fingerprint density at radius 1 is 1.14 bits per heavy atom. The molecular formula is C17H21N3O. The van der Waals surface area contributed by atoms with Crippen molar-refractivity contribution in [3.05, 3.63) is 54.7 Å². The van der Waals surface area contributed by atoms with Gasteiger partial charge in [-0.1, -0.05) is 24.3 Å². The van der Waals surface area contributed by atoms with Crippen LogP contribution in [0.5, 0.6) is 5.75 Å². The first-order valence-corrected chi connectivity index (χ1v) is 7.49. The Bertz CT molecular complexity index is 532. The topological polar surface area (TPSA) is 37.4 Å². The third-order valence-corrected chi connectivity index (χ3v) is 3.71. The first-order chi connectivity index (χ1) is 10.4. The normalized spacial score (nSPS) is 18.5. The molecule has 1 atom stereocenters. The fourth-order valence-electron chi connectivity index (χ4n) is 2.60. The molecule has 21 heavy (non-hydrogen) atoms. The van der Waals surface area contributed by atoms with Crippen LogP contribution in [0.2, 0.25) is 0 Å². The standard InChI is InChI=1S/C17H21N3O/c1-2-6-16(7-3-1)21-13-9-15-14-20(12-11-18-15)17-8-4-5-10-19-17/h1-8,10,15,18H,9,11-14H2. The van der Waals surface area contributed by atoms with Crippen LogP contribution >= 0.6 is 0 Å². The van der Waals surface area contributed by atoms with Crippen LogP contribution in [0.15, 0.2) is 54.7 Å². The molecule has 0 aliphatic carbocycles. The van der Waals surface area contributed by atoms with Gasteiger partial charge in [-0.15, -0.1) is 0 Å². The van der Waals surface area contributed by atoms with Gasteiger partial charge in [0, 0.05) is 31.9 Å². The summed E-state index contributed by atoms with van der Waals surface area (Å²) in [6.45, 7) is 3.71. The molecule has 1 aliphatic heterocycles. The van der Waals surface area contributed by atoms with Gasteiger partial charge in [0.1, 0.15) is 11.6 Å². The van der Waals surface area contributed by atoms with Crippen molar-refractivity contribution in [2.45, 2.75) is 12.5 Å². The van der Waals surface area contributed by atoms with Gasteiger partial charge in [-0.25, -0.2) is 4.98 Å². The van der Waals surface area contributed by atoms with Crippen molar-refractivity contribution in [2.75, 3.05) is 31.1 Å². The second kappa shape index (κ2) is 7.09. The van der Waals surface area contributed by atoms with Gasteiger partial charge < -0.3 is 15.0 Å². The smallest absolute Gasteiger partial charge is 0.128 e. The van der Waals surface area contributed by atoms with Crippen LogP contribution < -0.4 is 15.0 Å². The van der Waals surface area contributed by atoms with Gasteiger partial charge in [-0.3, -0.25) is 0 Å². The molecule has 110 valence electrons. The average molecular weight is 283 g/mol. The van der Waals surface area contributed by atoms with Crippen LogP contribution in [0.1, 0.15) is 6.42 Å². The van der Waals surface area contributed by atoms with Crippen LogP contribution in [0.3, 0.4) is 0 Å². The zero-order chi connectivity index (χ0) is 14.3. The Morgan fingerprint density at radius 2 is 2.00 bits per heavy atom. The van der Waals surface area contributed by atoms with Crippen LogP contribution in [0.4, 0.5) is 5.82 Å². The number of hydrogen-bond acceptors (Lipinski definition) is 4. The number of para-hydroxylation sites is 1. The predicted octanol–water partition coefficient (Wildman–Crippen LogP) is 2.33. The first kappa shape index (κ1) is 13.9. The van der Waals surface area contributed by atoms with Gasteiger partial charge in [-0.2, -0.15) is 0 Å². The molecule has 4 nitrogen and oxygen atoms in total. The number of ether oxygens (including phenoxy) is 1. The van der Waals surface area contributed by atoms with E-state index in [1.165, 1.54) is 0 Å². The third kappa shape index (κ3) is 3.95. The summed E-state index contributed by atoms with van der Waals surface area (Å²) in [6.07, 6.45) is 2.85. The summed E-state index contributed by atoms with van der Waals surface area (Å²) in [5.41, 5.74) is 0. The molecule has 1 aromatic heterocycles. The Morgan fingerprint density at radius 3 is 2.81 bits per heavy atom. The van der Waals surface area contributed by atoms with E-state index in [2.05, 4.69) is 21.3 Å². The van der Waals surface area contributed by atoms with Crippen molar-refractivity contribution in [3.63, 3.8) is 0 Å². The fraction of sp³-hybridized carbons (Fsp3) is 0.353. The van der Waals surface area contributed by atoms with Crippen molar-refractivity contribution in [1.82, 2.24) is 10.3 Å². The Balaban J connectivity index is 1.48.